The molecule has 12 atom stereocenters. The minimum absolute atomic E-state index is 0.217. The Balaban J connectivity index is 1.39. The maximum absolute atomic E-state index is 11.6. The molecule has 1 aliphatic heterocycles. The lowest BCUT2D eigenvalue weighted by Crippen LogP contribution is -2.60. The summed E-state index contributed by atoms with van der Waals surface area (Å²) in [7, 11) is -4.75. The maximum atomic E-state index is 11.6. The van der Waals surface area contributed by atoms with Gasteiger partial charge in [-0.05, 0) is 91.3 Å². The summed E-state index contributed by atoms with van der Waals surface area (Å²) in [6, 6.07) is 0. The molecule has 0 aromatic carbocycles. The Labute approximate surface area is 210 Å². The van der Waals surface area contributed by atoms with E-state index in [-0.39, 0.29) is 17.3 Å². The summed E-state index contributed by atoms with van der Waals surface area (Å²) < 4.78 is 43.6. The highest BCUT2D eigenvalue weighted by Crippen LogP contribution is 2.67. The third-order valence-electron chi connectivity index (χ3n) is 10.9. The lowest BCUT2D eigenvalue weighted by molar-refractivity contribution is -0.165. The highest BCUT2D eigenvalue weighted by Gasteiger charge is 2.63. The first-order valence-electron chi connectivity index (χ1n) is 13.6. The second-order valence-electron chi connectivity index (χ2n) is 13.3. The zero-order chi connectivity index (χ0) is 25.5. The fourth-order valence-corrected chi connectivity index (χ4v) is 9.81. The number of hydrogen-bond donors (Lipinski definition) is 3. The molecule has 4 aliphatic carbocycles. The topological polar surface area (TPSA) is 117 Å². The Kier molecular flexibility index (Phi) is 6.54. The molecule has 8 heteroatoms. The number of aliphatic hydroxyl groups is 2. The minimum Gasteiger partial charge on any atom is -0.390 e. The van der Waals surface area contributed by atoms with Gasteiger partial charge in [-0.3, -0.25) is 4.55 Å². The predicted octanol–water partition coefficient (Wildman–Crippen LogP) is 4.14. The van der Waals surface area contributed by atoms with Crippen LogP contribution in [0.25, 0.3) is 0 Å². The van der Waals surface area contributed by atoms with Gasteiger partial charge >= 0.3 is 10.4 Å². The van der Waals surface area contributed by atoms with Crippen molar-refractivity contribution in [2.24, 2.45) is 46.3 Å². The molecule has 0 bridgehead atoms. The Morgan fingerprint density at radius 3 is 2.46 bits per heavy atom. The van der Waals surface area contributed by atoms with Crippen molar-refractivity contribution < 1.29 is 32.1 Å². The monoisotopic (exact) mass is 512 g/mol. The molecule has 0 aromatic heterocycles. The third-order valence-corrected chi connectivity index (χ3v) is 11.4. The normalized spacial score (nSPS) is 50.2. The van der Waals surface area contributed by atoms with Crippen LogP contribution in [-0.4, -0.2) is 53.7 Å². The molecule has 3 saturated carbocycles. The molecule has 4 fully saturated rings. The van der Waals surface area contributed by atoms with Gasteiger partial charge in [-0.2, -0.15) is 8.42 Å². The smallest absolute Gasteiger partial charge is 0.390 e. The number of rotatable bonds is 6. The molecule has 35 heavy (non-hydrogen) atoms. The van der Waals surface area contributed by atoms with Gasteiger partial charge in [0.05, 0.1) is 18.3 Å². The zero-order valence-electron chi connectivity index (χ0n) is 21.8. The van der Waals surface area contributed by atoms with E-state index in [2.05, 4.69) is 40.7 Å². The Bertz CT molecular complexity index is 963. The van der Waals surface area contributed by atoms with E-state index in [4.69, 9.17) is 8.92 Å². The SMILES string of the molecule is CC(C)CC1OC1C(C)C1CCC2C3=CCC4C(OS(=O)(=O)O)C(O)C(O)CC4(C)C3CCC21C. The summed E-state index contributed by atoms with van der Waals surface area (Å²) in [4.78, 5) is 0. The quantitative estimate of drug-likeness (QED) is 0.278. The fraction of sp³-hybridized carbons (Fsp3) is 0.926. The first kappa shape index (κ1) is 26.1. The number of aliphatic hydroxyl groups excluding tert-OH is 2. The van der Waals surface area contributed by atoms with Crippen molar-refractivity contribution in [2.75, 3.05) is 0 Å². The molecule has 12 unspecified atom stereocenters. The van der Waals surface area contributed by atoms with Gasteiger partial charge in [-0.15, -0.1) is 0 Å². The number of epoxide rings is 1. The van der Waals surface area contributed by atoms with Crippen LogP contribution in [0.15, 0.2) is 11.6 Å². The predicted molar refractivity (Wildman–Crippen MR) is 132 cm³/mol. The lowest BCUT2D eigenvalue weighted by atomic mass is 9.47. The van der Waals surface area contributed by atoms with Crippen LogP contribution in [0.2, 0.25) is 0 Å². The van der Waals surface area contributed by atoms with Crippen LogP contribution in [0, 0.1) is 46.3 Å². The molecule has 5 aliphatic rings. The first-order chi connectivity index (χ1) is 16.3. The summed E-state index contributed by atoms with van der Waals surface area (Å²) in [6.45, 7) is 11.5. The molecule has 1 heterocycles. The molecule has 0 spiro atoms. The molecular formula is C27H44O7S. The Hall–Kier alpha value is -0.510. The van der Waals surface area contributed by atoms with Crippen LogP contribution in [-0.2, 0) is 19.3 Å². The Morgan fingerprint density at radius 2 is 1.80 bits per heavy atom. The molecule has 0 amide bonds. The van der Waals surface area contributed by atoms with Crippen LogP contribution in [0.3, 0.4) is 0 Å². The minimum atomic E-state index is -4.75. The van der Waals surface area contributed by atoms with Gasteiger partial charge in [-0.1, -0.05) is 46.3 Å². The highest BCUT2D eigenvalue weighted by molar-refractivity contribution is 7.80. The number of hydrogen-bond acceptors (Lipinski definition) is 6. The standard InChI is InChI=1S/C27H44O7S/c1-14(2)12-22-24(33-22)15(3)17-8-9-18-16-6-7-20-25(34-35(30,31)32)23(29)21(28)13-27(20,5)19(16)10-11-26(17,18)4/h6,14-15,17-25,28-29H,7-13H2,1-5H3,(H,30,31,32). The van der Waals surface area contributed by atoms with Gasteiger partial charge < -0.3 is 14.9 Å². The van der Waals surface area contributed by atoms with Crippen molar-refractivity contribution in [2.45, 2.75) is 110 Å². The van der Waals surface area contributed by atoms with Crippen LogP contribution >= 0.6 is 0 Å². The molecule has 200 valence electrons. The first-order valence-corrected chi connectivity index (χ1v) is 15.0. The number of allylic oxidation sites excluding steroid dienone is 2. The van der Waals surface area contributed by atoms with E-state index in [0.717, 1.165) is 25.7 Å². The van der Waals surface area contributed by atoms with Gasteiger partial charge in [0.25, 0.3) is 0 Å². The van der Waals surface area contributed by atoms with E-state index in [1.807, 2.05) is 0 Å². The summed E-state index contributed by atoms with van der Waals surface area (Å²) in [5, 5.41) is 21.3. The van der Waals surface area contributed by atoms with Crippen molar-refractivity contribution in [3.05, 3.63) is 11.6 Å². The molecule has 5 rings (SSSR count). The van der Waals surface area contributed by atoms with Gasteiger partial charge in [0.1, 0.15) is 12.2 Å². The van der Waals surface area contributed by atoms with Crippen molar-refractivity contribution >= 4 is 10.4 Å². The second-order valence-corrected chi connectivity index (χ2v) is 14.3. The highest BCUT2D eigenvalue weighted by atomic mass is 32.3. The van der Waals surface area contributed by atoms with E-state index in [1.54, 1.807) is 0 Å². The van der Waals surface area contributed by atoms with Crippen molar-refractivity contribution in [1.82, 2.24) is 0 Å². The Morgan fingerprint density at radius 1 is 1.11 bits per heavy atom. The number of ether oxygens (including phenoxy) is 1. The van der Waals surface area contributed by atoms with E-state index < -0.39 is 34.1 Å². The molecule has 3 N–H and O–H groups in total. The van der Waals surface area contributed by atoms with Crippen LogP contribution in [0.4, 0.5) is 0 Å². The van der Waals surface area contributed by atoms with Crippen molar-refractivity contribution in [1.29, 1.82) is 0 Å². The summed E-state index contributed by atoms with van der Waals surface area (Å²) >= 11 is 0. The van der Waals surface area contributed by atoms with Crippen molar-refractivity contribution in [3.8, 4) is 0 Å². The molecular weight excluding hydrogens is 468 g/mol. The number of fused-ring (bicyclic) bond motifs is 5. The average molecular weight is 513 g/mol. The van der Waals surface area contributed by atoms with Crippen molar-refractivity contribution in [3.63, 3.8) is 0 Å². The molecule has 7 nitrogen and oxygen atoms in total. The largest absolute Gasteiger partial charge is 0.397 e. The van der Waals surface area contributed by atoms with E-state index >= 15 is 0 Å². The van der Waals surface area contributed by atoms with Gasteiger partial charge in [0.15, 0.2) is 0 Å². The molecule has 1 saturated heterocycles. The average Bonchev–Trinajstić information content (AvgIpc) is 3.40. The second kappa shape index (κ2) is 8.77. The summed E-state index contributed by atoms with van der Waals surface area (Å²) in [5.41, 5.74) is 1.29. The molecule has 0 radical (unpaired) electrons. The van der Waals surface area contributed by atoms with Crippen LogP contribution in [0.1, 0.15) is 79.6 Å². The van der Waals surface area contributed by atoms with Gasteiger partial charge in [-0.25, -0.2) is 4.18 Å². The van der Waals surface area contributed by atoms with Crippen LogP contribution in [0.5, 0.6) is 0 Å². The summed E-state index contributed by atoms with van der Waals surface area (Å²) in [6.07, 6.45) is 6.07. The van der Waals surface area contributed by atoms with Gasteiger partial charge in [0, 0.05) is 0 Å². The fourth-order valence-electron chi connectivity index (χ4n) is 9.28. The summed E-state index contributed by atoms with van der Waals surface area (Å²) in [5.74, 6) is 2.23. The van der Waals surface area contributed by atoms with E-state index in [0.29, 0.717) is 48.7 Å². The zero-order valence-corrected chi connectivity index (χ0v) is 22.6. The molecule has 0 aromatic rings. The van der Waals surface area contributed by atoms with Gasteiger partial charge in [0.2, 0.25) is 0 Å². The third kappa shape index (κ3) is 4.34. The van der Waals surface area contributed by atoms with E-state index in [1.165, 1.54) is 12.0 Å². The maximum Gasteiger partial charge on any atom is 0.397 e. The van der Waals surface area contributed by atoms with E-state index in [9.17, 15) is 23.2 Å². The lowest BCUT2D eigenvalue weighted by Gasteiger charge is -2.59. The van der Waals surface area contributed by atoms with Crippen LogP contribution < -0.4 is 0 Å².